The van der Waals surface area contributed by atoms with Crippen molar-refractivity contribution in [3.05, 3.63) is 138 Å². The van der Waals surface area contributed by atoms with Gasteiger partial charge >= 0.3 is 0 Å². The van der Waals surface area contributed by atoms with Crippen molar-refractivity contribution in [2.45, 2.75) is 19.8 Å². The summed E-state index contributed by atoms with van der Waals surface area (Å²) in [5.41, 5.74) is 10.3. The average Bonchev–Trinajstić information content (AvgIpc) is 2.96. The number of hydrogen-bond acceptors (Lipinski definition) is 1. The summed E-state index contributed by atoms with van der Waals surface area (Å²) in [5, 5.41) is 8.39. The monoisotopic (exact) mass is 477 g/mol. The fourth-order valence-electron chi connectivity index (χ4n) is 5.44. The van der Waals surface area contributed by atoms with Crippen LogP contribution in [0.2, 0.25) is 0 Å². The summed E-state index contributed by atoms with van der Waals surface area (Å²) >= 11 is 0. The summed E-state index contributed by atoms with van der Waals surface area (Å²) in [6.07, 6.45) is 2.08. The first kappa shape index (κ1) is 23.1. The van der Waals surface area contributed by atoms with Crippen LogP contribution in [0.1, 0.15) is 16.7 Å². The third kappa shape index (κ3) is 4.49. The summed E-state index contributed by atoms with van der Waals surface area (Å²) in [4.78, 5) is 0. The number of fused-ring (bicyclic) bond motifs is 2. The molecule has 0 amide bonds. The summed E-state index contributed by atoms with van der Waals surface area (Å²) in [7, 11) is 1.96. The number of aryl methyl sites for hydroxylation is 3. The van der Waals surface area contributed by atoms with Crippen LogP contribution in [-0.4, -0.2) is 7.05 Å². The minimum absolute atomic E-state index is 1.03. The first-order valence-electron chi connectivity index (χ1n) is 13.1. The Morgan fingerprint density at radius 1 is 0.459 bits per heavy atom. The lowest BCUT2D eigenvalue weighted by Gasteiger charge is -2.18. The minimum atomic E-state index is 1.03. The Balaban J connectivity index is 1.42. The molecular weight excluding hydrogens is 446 g/mol. The highest BCUT2D eigenvalue weighted by Gasteiger charge is 2.16. The highest BCUT2D eigenvalue weighted by atomic mass is 14.8. The molecule has 1 heteroatoms. The molecule has 1 nitrogen and oxygen atoms in total. The summed E-state index contributed by atoms with van der Waals surface area (Å²) in [6.45, 7) is 2.15. The lowest BCUT2D eigenvalue weighted by atomic mass is 9.85. The van der Waals surface area contributed by atoms with Crippen LogP contribution in [-0.2, 0) is 12.8 Å². The molecule has 180 valence electrons. The molecule has 6 aromatic carbocycles. The van der Waals surface area contributed by atoms with Crippen LogP contribution >= 0.6 is 0 Å². The van der Waals surface area contributed by atoms with Crippen molar-refractivity contribution in [1.82, 2.24) is 0 Å². The van der Waals surface area contributed by atoms with Crippen molar-refractivity contribution in [1.29, 1.82) is 0 Å². The summed E-state index contributed by atoms with van der Waals surface area (Å²) in [6, 6.07) is 44.6. The third-order valence-electron chi connectivity index (χ3n) is 7.46. The van der Waals surface area contributed by atoms with Gasteiger partial charge in [-0.3, -0.25) is 0 Å². The zero-order valence-electron chi connectivity index (χ0n) is 21.5. The molecule has 37 heavy (non-hydrogen) atoms. The molecule has 6 aromatic rings. The Hall–Kier alpha value is -4.36. The van der Waals surface area contributed by atoms with Crippen LogP contribution in [0.3, 0.4) is 0 Å². The molecule has 0 atom stereocenters. The van der Waals surface area contributed by atoms with E-state index in [0.29, 0.717) is 0 Å². The van der Waals surface area contributed by atoms with Crippen molar-refractivity contribution in [2.24, 2.45) is 0 Å². The van der Waals surface area contributed by atoms with E-state index < -0.39 is 0 Å². The number of hydrogen-bond donors (Lipinski definition) is 1. The highest BCUT2D eigenvalue weighted by Crippen LogP contribution is 2.43. The molecule has 0 heterocycles. The second kappa shape index (κ2) is 9.95. The van der Waals surface area contributed by atoms with Crippen molar-refractivity contribution >= 4 is 27.2 Å². The smallest absolute Gasteiger partial charge is 0.0337 e. The van der Waals surface area contributed by atoms with Crippen LogP contribution in [0.4, 0.5) is 5.69 Å². The molecule has 0 saturated heterocycles. The molecule has 0 spiro atoms. The molecule has 0 radical (unpaired) electrons. The van der Waals surface area contributed by atoms with E-state index in [4.69, 9.17) is 0 Å². The van der Waals surface area contributed by atoms with E-state index in [1.165, 1.54) is 60.5 Å². The van der Waals surface area contributed by atoms with Crippen molar-refractivity contribution in [3.63, 3.8) is 0 Å². The van der Waals surface area contributed by atoms with E-state index in [9.17, 15) is 0 Å². The van der Waals surface area contributed by atoms with Gasteiger partial charge in [0.15, 0.2) is 0 Å². The predicted molar refractivity (Wildman–Crippen MR) is 160 cm³/mol. The second-order valence-corrected chi connectivity index (χ2v) is 9.85. The maximum atomic E-state index is 3.19. The van der Waals surface area contributed by atoms with Gasteiger partial charge in [0.1, 0.15) is 0 Å². The Morgan fingerprint density at radius 3 is 1.24 bits per heavy atom. The second-order valence-electron chi connectivity index (χ2n) is 9.85. The van der Waals surface area contributed by atoms with Crippen LogP contribution in [0.25, 0.3) is 43.8 Å². The molecule has 0 aromatic heterocycles. The van der Waals surface area contributed by atoms with Gasteiger partial charge in [-0.25, -0.2) is 0 Å². The third-order valence-corrected chi connectivity index (χ3v) is 7.46. The van der Waals surface area contributed by atoms with Crippen LogP contribution in [0.15, 0.2) is 121 Å². The Kier molecular flexibility index (Phi) is 6.20. The molecule has 0 saturated carbocycles. The van der Waals surface area contributed by atoms with Gasteiger partial charge < -0.3 is 5.32 Å². The Morgan fingerprint density at radius 2 is 0.838 bits per heavy atom. The Bertz CT molecular complexity index is 1620. The predicted octanol–water partition coefficient (Wildman–Crippen LogP) is 9.46. The first-order chi connectivity index (χ1) is 18.2. The number of benzene rings is 6. The minimum Gasteiger partial charge on any atom is -0.388 e. The molecule has 0 fully saturated rings. The zero-order chi connectivity index (χ0) is 25.2. The van der Waals surface area contributed by atoms with Crippen LogP contribution in [0.5, 0.6) is 0 Å². The van der Waals surface area contributed by atoms with Gasteiger partial charge in [0.25, 0.3) is 0 Å². The molecule has 1 N–H and O–H groups in total. The molecular formula is C36H31N. The van der Waals surface area contributed by atoms with Gasteiger partial charge in [0.2, 0.25) is 0 Å². The van der Waals surface area contributed by atoms with Crippen LogP contribution in [0, 0.1) is 6.92 Å². The summed E-state index contributed by atoms with van der Waals surface area (Å²) in [5.74, 6) is 0. The average molecular weight is 478 g/mol. The fraction of sp³-hybridized carbons (Fsp3) is 0.111. The zero-order valence-corrected chi connectivity index (χ0v) is 21.5. The first-order valence-corrected chi connectivity index (χ1v) is 13.1. The van der Waals surface area contributed by atoms with E-state index >= 15 is 0 Å². The quantitative estimate of drug-likeness (QED) is 0.236. The molecule has 0 aliphatic heterocycles. The molecule has 0 unspecified atom stereocenters. The largest absolute Gasteiger partial charge is 0.388 e. The van der Waals surface area contributed by atoms with Gasteiger partial charge in [-0.05, 0) is 86.8 Å². The van der Waals surface area contributed by atoms with Crippen LogP contribution < -0.4 is 5.32 Å². The molecule has 0 aliphatic rings. The standard InChI is InChI=1S/C36H31N/c1-25-11-19-28(20-12-25)35-31-7-3-5-9-33(31)36(34-10-6-4-8-32(34)35)29-21-15-26(16-22-29)13-14-27-17-23-30(37-2)24-18-27/h3-12,15-24,37H,13-14H2,1-2H3. The van der Waals surface area contributed by atoms with E-state index in [2.05, 4.69) is 134 Å². The molecule has 0 bridgehead atoms. The number of nitrogens with one attached hydrogen (secondary N) is 1. The van der Waals surface area contributed by atoms with Gasteiger partial charge in [-0.1, -0.05) is 115 Å². The van der Waals surface area contributed by atoms with E-state index in [1.807, 2.05) is 7.05 Å². The van der Waals surface area contributed by atoms with Gasteiger partial charge in [-0.2, -0.15) is 0 Å². The Labute approximate surface area is 219 Å². The number of anilines is 1. The highest BCUT2D eigenvalue weighted by molar-refractivity contribution is 6.21. The topological polar surface area (TPSA) is 12.0 Å². The lowest BCUT2D eigenvalue weighted by molar-refractivity contribution is 0.961. The van der Waals surface area contributed by atoms with E-state index in [0.717, 1.165) is 18.5 Å². The molecule has 6 rings (SSSR count). The fourth-order valence-corrected chi connectivity index (χ4v) is 5.44. The van der Waals surface area contributed by atoms with Crippen molar-refractivity contribution in [2.75, 3.05) is 12.4 Å². The van der Waals surface area contributed by atoms with Crippen molar-refractivity contribution in [3.8, 4) is 22.3 Å². The maximum Gasteiger partial charge on any atom is 0.0337 e. The summed E-state index contributed by atoms with van der Waals surface area (Å²) < 4.78 is 0. The molecule has 0 aliphatic carbocycles. The van der Waals surface area contributed by atoms with E-state index in [1.54, 1.807) is 0 Å². The van der Waals surface area contributed by atoms with Crippen molar-refractivity contribution < 1.29 is 0 Å². The van der Waals surface area contributed by atoms with Gasteiger partial charge in [0, 0.05) is 12.7 Å². The normalized spacial score (nSPS) is 11.2. The lowest BCUT2D eigenvalue weighted by Crippen LogP contribution is -1.94. The number of rotatable bonds is 6. The van der Waals surface area contributed by atoms with Gasteiger partial charge in [0.05, 0.1) is 0 Å². The van der Waals surface area contributed by atoms with E-state index in [-0.39, 0.29) is 0 Å². The van der Waals surface area contributed by atoms with Gasteiger partial charge in [-0.15, -0.1) is 0 Å². The maximum absolute atomic E-state index is 3.19. The SMILES string of the molecule is CNc1ccc(CCc2ccc(-c3c4ccccc4c(-c4ccc(C)cc4)c4ccccc34)cc2)cc1.